The molecule has 0 saturated carbocycles. The Bertz CT molecular complexity index is 592. The van der Waals surface area contributed by atoms with Crippen LogP contribution in [0.15, 0.2) is 78.9 Å². The molecule has 0 N–H and O–H groups in total. The summed E-state index contributed by atoms with van der Waals surface area (Å²) in [5.74, 6) is 0. The summed E-state index contributed by atoms with van der Waals surface area (Å²) in [6.45, 7) is 6.00. The summed E-state index contributed by atoms with van der Waals surface area (Å²) in [6, 6.07) is 27.5. The second kappa shape index (κ2) is 15.2. The van der Waals surface area contributed by atoms with Crippen LogP contribution in [0.25, 0.3) is 22.3 Å². The molecule has 1 radical (unpaired) electrons. The fourth-order valence-electron chi connectivity index (χ4n) is 2.16. The summed E-state index contributed by atoms with van der Waals surface area (Å²) in [5, 5.41) is 0. The first-order valence-corrected chi connectivity index (χ1v) is 6.68. The van der Waals surface area contributed by atoms with E-state index in [1.54, 1.807) is 0 Å². The third-order valence-corrected chi connectivity index (χ3v) is 2.99. The Labute approximate surface area is 153 Å². The second-order valence-electron chi connectivity index (χ2n) is 4.09. The molecule has 3 nitrogen and oxygen atoms in total. The minimum Gasteiger partial charge on any atom is -0.307 e. The third-order valence-electron chi connectivity index (χ3n) is 2.99. The van der Waals surface area contributed by atoms with Crippen LogP contribution in [0.1, 0.15) is 0 Å². The Morgan fingerprint density at radius 1 is 0.583 bits per heavy atom. The Kier molecular flexibility index (Phi) is 15.0. The predicted molar refractivity (Wildman–Crippen MR) is 94.3 cm³/mol. The molecule has 0 saturated heterocycles. The van der Waals surface area contributed by atoms with Crippen LogP contribution >= 0.6 is 0 Å². The zero-order valence-corrected chi connectivity index (χ0v) is 14.4. The molecule has 0 atom stereocenters. The van der Waals surface area contributed by atoms with Crippen molar-refractivity contribution < 1.29 is 31.5 Å². The minimum absolute atomic E-state index is 0. The van der Waals surface area contributed by atoms with Gasteiger partial charge in [0.25, 0.3) is 0 Å². The first-order chi connectivity index (χ1) is 11.4. The van der Waals surface area contributed by atoms with E-state index in [0.717, 1.165) is 0 Å². The SMILES string of the molecule is C=O.C=O.C=O.[Mn].c1ccc(-c2ccc[c-]2-c2ccccc2)cc1. The number of carbonyl (C=O) groups is 3. The quantitative estimate of drug-likeness (QED) is 0.508. The minimum atomic E-state index is 0. The van der Waals surface area contributed by atoms with Gasteiger partial charge >= 0.3 is 0 Å². The van der Waals surface area contributed by atoms with Crippen molar-refractivity contribution in [1.82, 2.24) is 0 Å². The summed E-state index contributed by atoms with van der Waals surface area (Å²) in [5.41, 5.74) is 5.15. The molecule has 0 aromatic heterocycles. The molecule has 3 rings (SSSR count). The van der Waals surface area contributed by atoms with Gasteiger partial charge in [-0.25, -0.2) is 0 Å². The zero-order chi connectivity index (χ0) is 17.5. The standard InChI is InChI=1S/C17H13.3CH2O.Mn/c1-3-8-14(9-4-1)16-12-7-13-17(16)15-10-5-2-6-11-15;3*1-2;/h1-13H;3*1H2;/q-1;;;;. The maximum Gasteiger partial charge on any atom is 0.106 e. The Hall–Kier alpha value is -2.68. The van der Waals surface area contributed by atoms with E-state index in [9.17, 15) is 0 Å². The van der Waals surface area contributed by atoms with E-state index < -0.39 is 0 Å². The maximum absolute atomic E-state index is 8.00. The van der Waals surface area contributed by atoms with Crippen LogP contribution in [0.4, 0.5) is 0 Å². The van der Waals surface area contributed by atoms with Crippen LogP contribution in [-0.4, -0.2) is 20.4 Å². The van der Waals surface area contributed by atoms with Gasteiger partial charge in [0.1, 0.15) is 20.4 Å². The Morgan fingerprint density at radius 3 is 1.54 bits per heavy atom. The van der Waals surface area contributed by atoms with Gasteiger partial charge in [-0.1, -0.05) is 65.2 Å². The molecule has 0 aliphatic rings. The van der Waals surface area contributed by atoms with E-state index in [1.807, 2.05) is 20.4 Å². The number of benzene rings is 2. The van der Waals surface area contributed by atoms with Gasteiger partial charge in [0.2, 0.25) is 0 Å². The van der Waals surface area contributed by atoms with Crippen LogP contribution in [0.2, 0.25) is 0 Å². The average molecular weight is 362 g/mol. The van der Waals surface area contributed by atoms with Gasteiger partial charge < -0.3 is 14.4 Å². The van der Waals surface area contributed by atoms with Crippen LogP contribution in [-0.2, 0) is 31.5 Å². The molecule has 0 aliphatic carbocycles. The molecular weight excluding hydrogens is 343 g/mol. The summed E-state index contributed by atoms with van der Waals surface area (Å²) in [6.07, 6.45) is 0. The Balaban J connectivity index is 0. The fraction of sp³-hybridized carbons (Fsp3) is 0. The van der Waals surface area contributed by atoms with Crippen molar-refractivity contribution >= 4 is 20.4 Å². The molecule has 0 amide bonds. The van der Waals surface area contributed by atoms with Gasteiger partial charge in [-0.3, -0.25) is 0 Å². The number of hydrogen-bond acceptors (Lipinski definition) is 3. The summed E-state index contributed by atoms with van der Waals surface area (Å²) >= 11 is 0. The van der Waals surface area contributed by atoms with Gasteiger partial charge in [-0.15, -0.1) is 35.9 Å². The summed E-state index contributed by atoms with van der Waals surface area (Å²) in [7, 11) is 0. The molecule has 24 heavy (non-hydrogen) atoms. The van der Waals surface area contributed by atoms with Gasteiger partial charge in [0.05, 0.1) is 0 Å². The average Bonchev–Trinajstić information content (AvgIpc) is 3.18. The third kappa shape index (κ3) is 6.61. The molecule has 125 valence electrons. The molecular formula is C20H19MnO3-. The maximum atomic E-state index is 8.00. The molecule has 0 aliphatic heterocycles. The van der Waals surface area contributed by atoms with Crippen molar-refractivity contribution in [1.29, 1.82) is 0 Å². The summed E-state index contributed by atoms with van der Waals surface area (Å²) in [4.78, 5) is 24.0. The van der Waals surface area contributed by atoms with E-state index in [2.05, 4.69) is 78.9 Å². The normalized spacial score (nSPS) is 7.83. The molecule has 0 unspecified atom stereocenters. The van der Waals surface area contributed by atoms with Crippen molar-refractivity contribution in [3.05, 3.63) is 78.9 Å². The van der Waals surface area contributed by atoms with Crippen molar-refractivity contribution in [3.63, 3.8) is 0 Å². The van der Waals surface area contributed by atoms with Gasteiger partial charge in [-0.2, -0.15) is 0 Å². The topological polar surface area (TPSA) is 51.2 Å². The smallest absolute Gasteiger partial charge is 0.106 e. The van der Waals surface area contributed by atoms with Crippen LogP contribution in [0.3, 0.4) is 0 Å². The van der Waals surface area contributed by atoms with Gasteiger partial charge in [0, 0.05) is 17.1 Å². The molecule has 0 heterocycles. The second-order valence-corrected chi connectivity index (χ2v) is 4.09. The largest absolute Gasteiger partial charge is 0.307 e. The van der Waals surface area contributed by atoms with Gasteiger partial charge in [-0.05, 0) is 0 Å². The first-order valence-electron chi connectivity index (χ1n) is 6.68. The predicted octanol–water partition coefficient (Wildman–Crippen LogP) is 4.18. The van der Waals surface area contributed by atoms with E-state index in [0.29, 0.717) is 0 Å². The molecule has 0 spiro atoms. The van der Waals surface area contributed by atoms with Crippen molar-refractivity contribution in [2.45, 2.75) is 0 Å². The number of carbonyl (C=O) groups excluding carboxylic acids is 3. The van der Waals surface area contributed by atoms with Gasteiger partial charge in [0.15, 0.2) is 0 Å². The van der Waals surface area contributed by atoms with E-state index >= 15 is 0 Å². The molecule has 4 heteroatoms. The number of hydrogen-bond donors (Lipinski definition) is 0. The number of rotatable bonds is 2. The van der Waals surface area contributed by atoms with Crippen molar-refractivity contribution in [3.8, 4) is 22.3 Å². The monoisotopic (exact) mass is 362 g/mol. The fourth-order valence-corrected chi connectivity index (χ4v) is 2.16. The van der Waals surface area contributed by atoms with Crippen molar-refractivity contribution in [2.75, 3.05) is 0 Å². The molecule has 0 fully saturated rings. The van der Waals surface area contributed by atoms with E-state index in [1.165, 1.54) is 22.3 Å². The first kappa shape index (κ1) is 23.6. The Morgan fingerprint density at radius 2 is 1.04 bits per heavy atom. The van der Waals surface area contributed by atoms with Crippen LogP contribution in [0, 0.1) is 0 Å². The van der Waals surface area contributed by atoms with Crippen molar-refractivity contribution in [2.24, 2.45) is 0 Å². The molecule has 3 aromatic carbocycles. The summed E-state index contributed by atoms with van der Waals surface area (Å²) < 4.78 is 0. The van der Waals surface area contributed by atoms with E-state index in [4.69, 9.17) is 14.4 Å². The van der Waals surface area contributed by atoms with Crippen LogP contribution in [0.5, 0.6) is 0 Å². The van der Waals surface area contributed by atoms with Crippen LogP contribution < -0.4 is 0 Å². The molecule has 0 bridgehead atoms. The zero-order valence-electron chi connectivity index (χ0n) is 13.2. The van der Waals surface area contributed by atoms with E-state index in [-0.39, 0.29) is 17.1 Å². The molecule has 3 aromatic rings.